The highest BCUT2D eigenvalue weighted by Gasteiger charge is 2.23. The zero-order valence-electron chi connectivity index (χ0n) is 15.5. The number of allylic oxidation sites excluding steroid dienone is 1. The highest BCUT2D eigenvalue weighted by Crippen LogP contribution is 2.24. The van der Waals surface area contributed by atoms with Crippen molar-refractivity contribution < 1.29 is 4.79 Å². The first-order valence-corrected chi connectivity index (χ1v) is 11.4. The summed E-state index contributed by atoms with van der Waals surface area (Å²) in [6.45, 7) is 1.95. The topological polar surface area (TPSA) is 32.3 Å². The van der Waals surface area contributed by atoms with Crippen LogP contribution in [0.1, 0.15) is 70.6 Å². The highest BCUT2D eigenvalue weighted by molar-refractivity contribution is 7.98. The van der Waals surface area contributed by atoms with E-state index in [1.807, 2.05) is 17.8 Å². The SMILES string of the molecule is CSCCCCCN(C(=O)/C=C/C1CCCCC1)C1CCCCN1. The second-order valence-electron chi connectivity index (χ2n) is 7.31. The van der Waals surface area contributed by atoms with Crippen LogP contribution in [-0.2, 0) is 4.79 Å². The van der Waals surface area contributed by atoms with Gasteiger partial charge >= 0.3 is 0 Å². The normalized spacial score (nSPS) is 22.8. The Morgan fingerprint density at radius 1 is 1.08 bits per heavy atom. The molecule has 0 aromatic heterocycles. The fraction of sp³-hybridized carbons (Fsp3) is 0.850. The van der Waals surface area contributed by atoms with Crippen LogP contribution in [0.5, 0.6) is 0 Å². The van der Waals surface area contributed by atoms with Gasteiger partial charge in [0.1, 0.15) is 0 Å². The number of amides is 1. The number of nitrogens with one attached hydrogen (secondary N) is 1. The Labute approximate surface area is 153 Å². The van der Waals surface area contributed by atoms with Crippen LogP contribution < -0.4 is 5.32 Å². The van der Waals surface area contributed by atoms with E-state index in [9.17, 15) is 4.79 Å². The van der Waals surface area contributed by atoms with Gasteiger partial charge in [-0.1, -0.05) is 31.8 Å². The number of unbranched alkanes of at least 4 members (excludes halogenated alkanes) is 2. The van der Waals surface area contributed by atoms with Gasteiger partial charge in [0.25, 0.3) is 0 Å². The number of hydrogen-bond donors (Lipinski definition) is 1. The smallest absolute Gasteiger partial charge is 0.247 e. The molecule has 1 N–H and O–H groups in total. The van der Waals surface area contributed by atoms with Crippen molar-refractivity contribution in [1.29, 1.82) is 0 Å². The Kier molecular flexibility index (Phi) is 9.89. The number of nitrogens with zero attached hydrogens (tertiary/aromatic N) is 1. The van der Waals surface area contributed by atoms with Crippen LogP contribution in [0.4, 0.5) is 0 Å². The van der Waals surface area contributed by atoms with Crippen molar-refractivity contribution in [2.45, 2.75) is 76.8 Å². The minimum absolute atomic E-state index is 0.227. The van der Waals surface area contributed by atoms with E-state index >= 15 is 0 Å². The number of carbonyl (C=O) groups excluding carboxylic acids is 1. The molecule has 1 aliphatic carbocycles. The predicted octanol–water partition coefficient (Wildman–Crippen LogP) is 4.58. The van der Waals surface area contributed by atoms with E-state index in [-0.39, 0.29) is 12.1 Å². The van der Waals surface area contributed by atoms with Crippen molar-refractivity contribution in [2.75, 3.05) is 25.1 Å². The van der Waals surface area contributed by atoms with Crippen LogP contribution in [0.15, 0.2) is 12.2 Å². The Morgan fingerprint density at radius 2 is 1.88 bits per heavy atom. The molecule has 0 aromatic carbocycles. The third-order valence-corrected chi connectivity index (χ3v) is 6.05. The first kappa shape index (κ1) is 19.8. The Hall–Kier alpha value is -0.480. The van der Waals surface area contributed by atoms with E-state index < -0.39 is 0 Å². The quantitative estimate of drug-likeness (QED) is 0.487. The lowest BCUT2D eigenvalue weighted by molar-refractivity contribution is -0.129. The first-order valence-electron chi connectivity index (χ1n) is 10.0. The lowest BCUT2D eigenvalue weighted by Gasteiger charge is -2.34. The third-order valence-electron chi connectivity index (χ3n) is 5.35. The molecular formula is C20H36N2OS. The maximum Gasteiger partial charge on any atom is 0.247 e. The number of piperidine rings is 1. The van der Waals surface area contributed by atoms with Gasteiger partial charge in [-0.25, -0.2) is 0 Å². The number of carbonyl (C=O) groups is 1. The lowest BCUT2D eigenvalue weighted by Crippen LogP contribution is -2.50. The van der Waals surface area contributed by atoms with E-state index in [0.717, 1.165) is 25.9 Å². The van der Waals surface area contributed by atoms with Crippen molar-refractivity contribution >= 4 is 17.7 Å². The van der Waals surface area contributed by atoms with Gasteiger partial charge in [-0.05, 0) is 75.5 Å². The van der Waals surface area contributed by atoms with Crippen LogP contribution in [0.3, 0.4) is 0 Å². The van der Waals surface area contributed by atoms with Gasteiger partial charge in [0.05, 0.1) is 6.17 Å². The van der Waals surface area contributed by atoms with E-state index in [0.29, 0.717) is 5.92 Å². The van der Waals surface area contributed by atoms with Gasteiger partial charge in [-0.2, -0.15) is 11.8 Å². The molecule has 0 spiro atoms. The summed E-state index contributed by atoms with van der Waals surface area (Å²) >= 11 is 1.91. The van der Waals surface area contributed by atoms with Crippen molar-refractivity contribution in [1.82, 2.24) is 10.2 Å². The molecule has 4 heteroatoms. The standard InChI is InChI=1S/C20H36N2OS/c1-24-17-9-3-8-16-22(19-12-6-7-15-21-19)20(23)14-13-18-10-4-2-5-11-18/h13-14,18-19,21H,2-12,15-17H2,1H3/b14-13+. The maximum absolute atomic E-state index is 12.8. The lowest BCUT2D eigenvalue weighted by atomic mass is 9.89. The Balaban J connectivity index is 1.84. The third kappa shape index (κ3) is 7.18. The molecule has 1 aliphatic heterocycles. The molecule has 1 atom stereocenters. The minimum atomic E-state index is 0.227. The van der Waals surface area contributed by atoms with E-state index in [2.05, 4.69) is 22.5 Å². The molecule has 1 unspecified atom stereocenters. The van der Waals surface area contributed by atoms with Gasteiger partial charge < -0.3 is 4.90 Å². The molecule has 0 aromatic rings. The average Bonchev–Trinajstić information content (AvgIpc) is 2.64. The zero-order chi connectivity index (χ0) is 17.0. The van der Waals surface area contributed by atoms with Crippen molar-refractivity contribution in [3.05, 3.63) is 12.2 Å². The summed E-state index contributed by atoms with van der Waals surface area (Å²) in [6.07, 6.45) is 20.2. The summed E-state index contributed by atoms with van der Waals surface area (Å²) in [5, 5.41) is 3.56. The number of thioether (sulfide) groups is 1. The molecule has 0 radical (unpaired) electrons. The second kappa shape index (κ2) is 12.0. The van der Waals surface area contributed by atoms with Gasteiger partial charge in [-0.15, -0.1) is 0 Å². The van der Waals surface area contributed by atoms with Gasteiger partial charge in [0, 0.05) is 6.54 Å². The molecule has 2 fully saturated rings. The molecule has 2 aliphatic rings. The summed E-state index contributed by atoms with van der Waals surface area (Å²) in [4.78, 5) is 14.9. The van der Waals surface area contributed by atoms with Crippen LogP contribution in [-0.4, -0.2) is 42.1 Å². The fourth-order valence-corrected chi connectivity index (χ4v) is 4.36. The first-order chi connectivity index (χ1) is 11.8. The van der Waals surface area contributed by atoms with Gasteiger partial charge in [-0.3, -0.25) is 10.1 Å². The predicted molar refractivity (Wildman–Crippen MR) is 105 cm³/mol. The molecule has 3 nitrogen and oxygen atoms in total. The highest BCUT2D eigenvalue weighted by atomic mass is 32.2. The summed E-state index contributed by atoms with van der Waals surface area (Å²) in [7, 11) is 0. The molecule has 0 bridgehead atoms. The molecule has 1 amide bonds. The molecule has 138 valence electrons. The monoisotopic (exact) mass is 352 g/mol. The molecule has 1 saturated carbocycles. The molecule has 2 rings (SSSR count). The average molecular weight is 353 g/mol. The summed E-state index contributed by atoms with van der Waals surface area (Å²) in [5.41, 5.74) is 0. The van der Waals surface area contributed by atoms with Crippen LogP contribution in [0.25, 0.3) is 0 Å². The van der Waals surface area contributed by atoms with Crippen LogP contribution in [0, 0.1) is 5.92 Å². The fourth-order valence-electron chi connectivity index (χ4n) is 3.87. The van der Waals surface area contributed by atoms with Crippen molar-refractivity contribution in [2.24, 2.45) is 5.92 Å². The van der Waals surface area contributed by atoms with Crippen LogP contribution >= 0.6 is 11.8 Å². The molecule has 1 heterocycles. The van der Waals surface area contributed by atoms with Gasteiger partial charge in [0.2, 0.25) is 5.91 Å². The van der Waals surface area contributed by atoms with Gasteiger partial charge in [0.15, 0.2) is 0 Å². The van der Waals surface area contributed by atoms with Crippen molar-refractivity contribution in [3.63, 3.8) is 0 Å². The number of rotatable bonds is 9. The van der Waals surface area contributed by atoms with E-state index in [4.69, 9.17) is 0 Å². The minimum Gasteiger partial charge on any atom is -0.324 e. The largest absolute Gasteiger partial charge is 0.324 e. The summed E-state index contributed by atoms with van der Waals surface area (Å²) < 4.78 is 0. The molecular weight excluding hydrogens is 316 g/mol. The van der Waals surface area contributed by atoms with E-state index in [1.165, 1.54) is 63.5 Å². The maximum atomic E-state index is 12.8. The molecule has 1 saturated heterocycles. The summed E-state index contributed by atoms with van der Waals surface area (Å²) in [5.74, 6) is 2.09. The zero-order valence-corrected chi connectivity index (χ0v) is 16.3. The summed E-state index contributed by atoms with van der Waals surface area (Å²) in [6, 6.07) is 0. The number of hydrogen-bond acceptors (Lipinski definition) is 3. The molecule has 24 heavy (non-hydrogen) atoms. The Bertz CT molecular complexity index is 374. The van der Waals surface area contributed by atoms with E-state index in [1.54, 1.807) is 0 Å². The van der Waals surface area contributed by atoms with Crippen LogP contribution in [0.2, 0.25) is 0 Å². The Morgan fingerprint density at radius 3 is 2.58 bits per heavy atom. The van der Waals surface area contributed by atoms with Crippen molar-refractivity contribution in [3.8, 4) is 0 Å². The second-order valence-corrected chi connectivity index (χ2v) is 8.29.